The number of nitrogens with zero attached hydrogens (tertiary/aromatic N) is 2. The molecular formula is C24H33N3O4S. The molecule has 0 unspecified atom stereocenters. The minimum absolute atomic E-state index is 0.0303. The highest BCUT2D eigenvalue weighted by atomic mass is 32.2. The standard InChI is InChI=1S/C24H33N3O4S/c1-4-26(5-2)15-16-31-24-11-7-6-9-21(24)18-25-32(29,30)22-12-13-23-20(17-22)10-8-14-27(23)19(3)28/h6-7,9,11-13,17,25H,4-5,8,10,14-16,18H2,1-3H3. The van der Waals surface area contributed by atoms with E-state index in [1.54, 1.807) is 23.1 Å². The minimum atomic E-state index is -3.71. The molecule has 0 spiro atoms. The summed E-state index contributed by atoms with van der Waals surface area (Å²) in [7, 11) is -3.71. The second kappa shape index (κ2) is 10.9. The van der Waals surface area contributed by atoms with E-state index in [9.17, 15) is 13.2 Å². The first-order valence-corrected chi connectivity index (χ1v) is 12.7. The van der Waals surface area contributed by atoms with Crippen molar-refractivity contribution in [2.45, 2.75) is 45.1 Å². The van der Waals surface area contributed by atoms with Gasteiger partial charge in [-0.05, 0) is 55.8 Å². The molecule has 0 aliphatic carbocycles. The van der Waals surface area contributed by atoms with Crippen molar-refractivity contribution < 1.29 is 17.9 Å². The monoisotopic (exact) mass is 459 g/mol. The molecule has 0 atom stereocenters. The molecule has 0 fully saturated rings. The number of likely N-dealkylation sites (N-methyl/N-ethyl adjacent to an activating group) is 1. The molecule has 2 aromatic rings. The number of hydrogen-bond acceptors (Lipinski definition) is 5. The van der Waals surface area contributed by atoms with Crippen molar-refractivity contribution in [1.82, 2.24) is 9.62 Å². The van der Waals surface area contributed by atoms with Crippen LogP contribution in [0, 0.1) is 0 Å². The van der Waals surface area contributed by atoms with Crippen LogP contribution in [0.5, 0.6) is 5.75 Å². The molecule has 0 saturated carbocycles. The molecule has 1 aliphatic rings. The van der Waals surface area contributed by atoms with E-state index >= 15 is 0 Å². The molecule has 0 aromatic heterocycles. The Bertz CT molecular complexity index is 1040. The van der Waals surface area contributed by atoms with Gasteiger partial charge < -0.3 is 14.5 Å². The predicted octanol–water partition coefficient (Wildman–Crippen LogP) is 3.18. The zero-order valence-corrected chi connectivity index (χ0v) is 20.0. The Morgan fingerprint density at radius 1 is 1.16 bits per heavy atom. The predicted molar refractivity (Wildman–Crippen MR) is 127 cm³/mol. The van der Waals surface area contributed by atoms with Crippen LogP contribution in [0.15, 0.2) is 47.4 Å². The maximum absolute atomic E-state index is 13.0. The van der Waals surface area contributed by atoms with Gasteiger partial charge in [0.25, 0.3) is 0 Å². The zero-order valence-electron chi connectivity index (χ0n) is 19.1. The van der Waals surface area contributed by atoms with Crippen LogP contribution in [0.2, 0.25) is 0 Å². The molecule has 3 rings (SSSR count). The first kappa shape index (κ1) is 24.2. The number of anilines is 1. The summed E-state index contributed by atoms with van der Waals surface area (Å²) in [6, 6.07) is 12.5. The van der Waals surface area contributed by atoms with E-state index in [4.69, 9.17) is 4.74 Å². The maximum Gasteiger partial charge on any atom is 0.240 e. The van der Waals surface area contributed by atoms with Gasteiger partial charge >= 0.3 is 0 Å². The van der Waals surface area contributed by atoms with E-state index in [2.05, 4.69) is 23.5 Å². The lowest BCUT2D eigenvalue weighted by Crippen LogP contribution is -2.33. The fraction of sp³-hybridized carbons (Fsp3) is 0.458. The van der Waals surface area contributed by atoms with Crippen LogP contribution >= 0.6 is 0 Å². The highest BCUT2D eigenvalue weighted by Crippen LogP contribution is 2.29. The lowest BCUT2D eigenvalue weighted by atomic mass is 10.0. The third-order valence-electron chi connectivity index (χ3n) is 5.84. The first-order valence-electron chi connectivity index (χ1n) is 11.2. The topological polar surface area (TPSA) is 79.0 Å². The number of benzene rings is 2. The number of hydrogen-bond donors (Lipinski definition) is 1. The number of sulfonamides is 1. The molecule has 174 valence electrons. The largest absolute Gasteiger partial charge is 0.492 e. The number of amides is 1. The van der Waals surface area contributed by atoms with E-state index in [-0.39, 0.29) is 17.3 Å². The Morgan fingerprint density at radius 2 is 1.91 bits per heavy atom. The lowest BCUT2D eigenvalue weighted by Gasteiger charge is -2.28. The third kappa shape index (κ3) is 5.88. The van der Waals surface area contributed by atoms with Crippen LogP contribution < -0.4 is 14.4 Å². The van der Waals surface area contributed by atoms with Gasteiger partial charge in [0.2, 0.25) is 15.9 Å². The highest BCUT2D eigenvalue weighted by molar-refractivity contribution is 7.89. The van der Waals surface area contributed by atoms with Gasteiger partial charge in [0, 0.05) is 37.8 Å². The van der Waals surface area contributed by atoms with E-state index in [0.717, 1.165) is 49.3 Å². The summed E-state index contributed by atoms with van der Waals surface area (Å²) in [6.45, 7) is 9.86. The minimum Gasteiger partial charge on any atom is -0.492 e. The zero-order chi connectivity index (χ0) is 23.1. The fourth-order valence-electron chi connectivity index (χ4n) is 3.94. The van der Waals surface area contributed by atoms with Crippen LogP contribution in [0.1, 0.15) is 38.3 Å². The second-order valence-electron chi connectivity index (χ2n) is 7.87. The van der Waals surface area contributed by atoms with E-state index in [0.29, 0.717) is 18.9 Å². The van der Waals surface area contributed by atoms with Crippen molar-refractivity contribution in [3.63, 3.8) is 0 Å². The van der Waals surface area contributed by atoms with Gasteiger partial charge in [0.05, 0.1) is 4.90 Å². The Morgan fingerprint density at radius 3 is 2.62 bits per heavy atom. The van der Waals surface area contributed by atoms with Crippen LogP contribution in [0.3, 0.4) is 0 Å². The van der Waals surface area contributed by atoms with Gasteiger partial charge in [-0.3, -0.25) is 4.79 Å². The molecule has 8 heteroatoms. The number of carbonyl (C=O) groups is 1. The van der Waals surface area contributed by atoms with Gasteiger partial charge in [0.15, 0.2) is 0 Å². The molecular weight excluding hydrogens is 426 g/mol. The average molecular weight is 460 g/mol. The highest BCUT2D eigenvalue weighted by Gasteiger charge is 2.23. The summed E-state index contributed by atoms with van der Waals surface area (Å²) in [5, 5.41) is 0. The van der Waals surface area contributed by atoms with Crippen molar-refractivity contribution in [3.8, 4) is 5.75 Å². The summed E-state index contributed by atoms with van der Waals surface area (Å²) in [6.07, 6.45) is 1.58. The molecule has 1 amide bonds. The lowest BCUT2D eigenvalue weighted by molar-refractivity contribution is -0.116. The van der Waals surface area contributed by atoms with E-state index in [1.807, 2.05) is 24.3 Å². The van der Waals surface area contributed by atoms with Gasteiger partial charge in [-0.25, -0.2) is 13.1 Å². The van der Waals surface area contributed by atoms with Crippen molar-refractivity contribution in [2.24, 2.45) is 0 Å². The van der Waals surface area contributed by atoms with Crippen LogP contribution in [-0.2, 0) is 27.8 Å². The summed E-state index contributed by atoms with van der Waals surface area (Å²) in [5.74, 6) is 0.655. The summed E-state index contributed by atoms with van der Waals surface area (Å²) in [4.78, 5) is 16.0. The van der Waals surface area contributed by atoms with Gasteiger partial charge in [-0.2, -0.15) is 0 Å². The van der Waals surface area contributed by atoms with Gasteiger partial charge in [-0.15, -0.1) is 0 Å². The van der Waals surface area contributed by atoms with Crippen LogP contribution in [-0.4, -0.2) is 52.0 Å². The molecule has 0 bridgehead atoms. The first-order chi connectivity index (χ1) is 15.4. The third-order valence-corrected chi connectivity index (χ3v) is 7.24. The van der Waals surface area contributed by atoms with Crippen LogP contribution in [0.4, 0.5) is 5.69 Å². The molecule has 1 N–H and O–H groups in total. The molecule has 1 aliphatic heterocycles. The summed E-state index contributed by atoms with van der Waals surface area (Å²) in [5.41, 5.74) is 2.47. The number of aryl methyl sites for hydroxylation is 1. The quantitative estimate of drug-likeness (QED) is 0.590. The Labute approximate surface area is 191 Å². The van der Waals surface area contributed by atoms with Crippen LogP contribution in [0.25, 0.3) is 0 Å². The van der Waals surface area contributed by atoms with Gasteiger partial charge in [-0.1, -0.05) is 32.0 Å². The van der Waals surface area contributed by atoms with E-state index in [1.165, 1.54) is 6.92 Å². The number of rotatable bonds is 10. The Hall–Kier alpha value is -2.42. The molecule has 7 nitrogen and oxygen atoms in total. The molecule has 0 radical (unpaired) electrons. The smallest absolute Gasteiger partial charge is 0.240 e. The van der Waals surface area contributed by atoms with Crippen molar-refractivity contribution in [3.05, 3.63) is 53.6 Å². The summed E-state index contributed by atoms with van der Waals surface area (Å²) < 4.78 is 34.6. The molecule has 1 heterocycles. The molecule has 0 saturated heterocycles. The number of nitrogens with one attached hydrogen (secondary N) is 1. The van der Waals surface area contributed by atoms with Crippen molar-refractivity contribution >= 4 is 21.6 Å². The number of fused-ring (bicyclic) bond motifs is 1. The normalized spacial score (nSPS) is 13.8. The number of para-hydroxylation sites is 1. The van der Waals surface area contributed by atoms with E-state index < -0.39 is 10.0 Å². The molecule has 32 heavy (non-hydrogen) atoms. The second-order valence-corrected chi connectivity index (χ2v) is 9.64. The Balaban J connectivity index is 1.69. The number of carbonyl (C=O) groups excluding carboxylic acids is 1. The van der Waals surface area contributed by atoms with Crippen molar-refractivity contribution in [1.29, 1.82) is 0 Å². The van der Waals surface area contributed by atoms with Gasteiger partial charge in [0.1, 0.15) is 12.4 Å². The molecule has 2 aromatic carbocycles. The SMILES string of the molecule is CCN(CC)CCOc1ccccc1CNS(=O)(=O)c1ccc2c(c1)CCCN2C(C)=O. The van der Waals surface area contributed by atoms with Crippen molar-refractivity contribution in [2.75, 3.05) is 37.7 Å². The summed E-state index contributed by atoms with van der Waals surface area (Å²) >= 11 is 0. The maximum atomic E-state index is 13.0. The number of ether oxygens (including phenoxy) is 1. The Kier molecular flexibility index (Phi) is 8.28. The fourth-order valence-corrected chi connectivity index (χ4v) is 5.00. The average Bonchev–Trinajstić information content (AvgIpc) is 2.80.